The average molecular weight is 236 g/mol. The Labute approximate surface area is 102 Å². The lowest BCUT2D eigenvalue weighted by atomic mass is 9.93. The molecule has 0 N–H and O–H groups in total. The summed E-state index contributed by atoms with van der Waals surface area (Å²) in [5.74, 6) is 1.55. The van der Waals surface area contributed by atoms with Gasteiger partial charge in [-0.15, -0.1) is 0 Å². The van der Waals surface area contributed by atoms with E-state index < -0.39 is 0 Å². The Kier molecular flexibility index (Phi) is 3.50. The number of aromatic nitrogens is 2. The van der Waals surface area contributed by atoms with Gasteiger partial charge in [-0.1, -0.05) is 13.8 Å². The first-order valence-electron chi connectivity index (χ1n) is 6.31. The van der Waals surface area contributed by atoms with E-state index in [1.54, 1.807) is 13.3 Å². The lowest BCUT2D eigenvalue weighted by Crippen LogP contribution is -2.15. The van der Waals surface area contributed by atoms with E-state index in [-0.39, 0.29) is 11.8 Å². The molecule has 0 spiro atoms. The molecule has 1 aliphatic carbocycles. The highest BCUT2D eigenvalue weighted by Gasteiger charge is 2.36. The summed E-state index contributed by atoms with van der Waals surface area (Å²) in [6, 6.07) is 0. The molecule has 1 aliphatic rings. The molecule has 17 heavy (non-hydrogen) atoms. The van der Waals surface area contributed by atoms with E-state index in [4.69, 9.17) is 4.74 Å². The predicted octanol–water partition coefficient (Wildman–Crippen LogP) is 2.38. The zero-order valence-corrected chi connectivity index (χ0v) is 10.8. The van der Waals surface area contributed by atoms with Gasteiger partial charge in [-0.25, -0.2) is 0 Å². The minimum atomic E-state index is 0.0937. The second kappa shape index (κ2) is 4.90. The maximum Gasteiger partial charge on any atom is 0.160 e. The third-order valence-electron chi connectivity index (χ3n) is 3.66. The fourth-order valence-corrected chi connectivity index (χ4v) is 2.67. The molecule has 4 heteroatoms. The van der Waals surface area contributed by atoms with Crippen LogP contribution < -0.4 is 4.74 Å². The van der Waals surface area contributed by atoms with Crippen molar-refractivity contribution in [1.29, 1.82) is 0 Å². The van der Waals surface area contributed by atoms with Crippen LogP contribution in [0.1, 0.15) is 44.7 Å². The van der Waals surface area contributed by atoms with Gasteiger partial charge in [-0.2, -0.15) is 5.10 Å². The van der Waals surface area contributed by atoms with Crippen LogP contribution in [-0.2, 0) is 11.3 Å². The second-order valence-corrected chi connectivity index (χ2v) is 4.72. The number of carbonyl (C=O) groups is 1. The Morgan fingerprint density at radius 1 is 1.59 bits per heavy atom. The van der Waals surface area contributed by atoms with Crippen LogP contribution in [0.2, 0.25) is 0 Å². The smallest absolute Gasteiger partial charge is 0.160 e. The number of hydrogen-bond donors (Lipinski definition) is 0. The summed E-state index contributed by atoms with van der Waals surface area (Å²) in [4.78, 5) is 11.7. The summed E-state index contributed by atoms with van der Waals surface area (Å²) in [5, 5.41) is 4.36. The monoisotopic (exact) mass is 236 g/mol. The van der Waals surface area contributed by atoms with Crippen molar-refractivity contribution in [3.8, 4) is 5.75 Å². The molecule has 0 saturated heterocycles. The van der Waals surface area contributed by atoms with Gasteiger partial charge in [-0.05, 0) is 12.8 Å². The summed E-state index contributed by atoms with van der Waals surface area (Å²) in [7, 11) is 1.66. The molecule has 0 aromatic carbocycles. The molecule has 2 atom stereocenters. The topological polar surface area (TPSA) is 44.1 Å². The van der Waals surface area contributed by atoms with E-state index in [2.05, 4.69) is 12.0 Å². The number of methoxy groups -OCH3 is 1. The van der Waals surface area contributed by atoms with Gasteiger partial charge < -0.3 is 4.74 Å². The molecular weight excluding hydrogens is 216 g/mol. The Balaban J connectivity index is 2.35. The Hall–Kier alpha value is -1.32. The third-order valence-corrected chi connectivity index (χ3v) is 3.66. The fourth-order valence-electron chi connectivity index (χ4n) is 2.67. The molecule has 1 aromatic rings. The highest BCUT2D eigenvalue weighted by Crippen LogP contribution is 2.40. The van der Waals surface area contributed by atoms with Crippen molar-refractivity contribution in [2.75, 3.05) is 7.11 Å². The van der Waals surface area contributed by atoms with E-state index >= 15 is 0 Å². The molecule has 0 bridgehead atoms. The van der Waals surface area contributed by atoms with Gasteiger partial charge >= 0.3 is 0 Å². The number of aryl methyl sites for hydroxylation is 1. The number of Topliss-reactive ketones (excluding diaryl/α,β-unsaturated/α-hetero) is 1. The van der Waals surface area contributed by atoms with Gasteiger partial charge in [0.1, 0.15) is 5.78 Å². The molecule has 0 amide bonds. The minimum absolute atomic E-state index is 0.0937. The van der Waals surface area contributed by atoms with Gasteiger partial charge in [0.15, 0.2) is 5.75 Å². The molecular formula is C13H20N2O2. The molecule has 4 nitrogen and oxygen atoms in total. The van der Waals surface area contributed by atoms with E-state index in [1.165, 1.54) is 0 Å². The lowest BCUT2D eigenvalue weighted by molar-refractivity contribution is -0.120. The SMILES string of the molecule is CCCn1ncc(OC)c1C1CCC(=O)C1C. The Bertz CT molecular complexity index is 412. The number of rotatable bonds is 4. The normalized spacial score (nSPS) is 24.3. The van der Waals surface area contributed by atoms with Crippen LogP contribution >= 0.6 is 0 Å². The van der Waals surface area contributed by atoms with Crippen LogP contribution in [0.25, 0.3) is 0 Å². The maximum absolute atomic E-state index is 11.7. The van der Waals surface area contributed by atoms with Crippen molar-refractivity contribution in [1.82, 2.24) is 9.78 Å². The molecule has 0 aliphatic heterocycles. The Morgan fingerprint density at radius 3 is 2.88 bits per heavy atom. The number of ether oxygens (including phenoxy) is 1. The lowest BCUT2D eigenvalue weighted by Gasteiger charge is -2.17. The Morgan fingerprint density at radius 2 is 2.35 bits per heavy atom. The van der Waals surface area contributed by atoms with Crippen LogP contribution in [0.4, 0.5) is 0 Å². The number of carbonyl (C=O) groups excluding carboxylic acids is 1. The quantitative estimate of drug-likeness (QED) is 0.806. The number of ketones is 1. The van der Waals surface area contributed by atoms with E-state index in [0.29, 0.717) is 12.2 Å². The molecule has 2 rings (SSSR count). The molecule has 94 valence electrons. The first kappa shape index (κ1) is 12.1. The molecule has 2 unspecified atom stereocenters. The van der Waals surface area contributed by atoms with Crippen molar-refractivity contribution in [3.05, 3.63) is 11.9 Å². The van der Waals surface area contributed by atoms with E-state index in [1.807, 2.05) is 11.6 Å². The van der Waals surface area contributed by atoms with Crippen LogP contribution in [0, 0.1) is 5.92 Å². The van der Waals surface area contributed by atoms with Gasteiger partial charge in [0.05, 0.1) is 19.0 Å². The molecule has 1 heterocycles. The van der Waals surface area contributed by atoms with Crippen molar-refractivity contribution in [3.63, 3.8) is 0 Å². The summed E-state index contributed by atoms with van der Waals surface area (Å²) in [6.07, 6.45) is 4.41. The highest BCUT2D eigenvalue weighted by molar-refractivity contribution is 5.84. The first-order chi connectivity index (χ1) is 8.19. The van der Waals surface area contributed by atoms with Gasteiger partial charge in [0.2, 0.25) is 0 Å². The summed E-state index contributed by atoms with van der Waals surface area (Å²) in [6.45, 7) is 5.03. The largest absolute Gasteiger partial charge is 0.493 e. The highest BCUT2D eigenvalue weighted by atomic mass is 16.5. The second-order valence-electron chi connectivity index (χ2n) is 4.72. The standard InChI is InChI=1S/C13H20N2O2/c1-4-7-15-13(12(17-3)8-14-15)10-5-6-11(16)9(10)2/h8-10H,4-7H2,1-3H3. The zero-order valence-electron chi connectivity index (χ0n) is 10.8. The van der Waals surface area contributed by atoms with Crippen LogP contribution in [0.3, 0.4) is 0 Å². The van der Waals surface area contributed by atoms with Crippen molar-refractivity contribution >= 4 is 5.78 Å². The predicted molar refractivity (Wildman–Crippen MR) is 65.2 cm³/mol. The van der Waals surface area contributed by atoms with Crippen molar-refractivity contribution in [2.24, 2.45) is 5.92 Å². The van der Waals surface area contributed by atoms with Crippen molar-refractivity contribution < 1.29 is 9.53 Å². The van der Waals surface area contributed by atoms with Crippen molar-refractivity contribution in [2.45, 2.75) is 45.6 Å². The first-order valence-corrected chi connectivity index (χ1v) is 6.31. The maximum atomic E-state index is 11.7. The third kappa shape index (κ3) is 2.08. The zero-order chi connectivity index (χ0) is 12.4. The van der Waals surface area contributed by atoms with Gasteiger partial charge in [0.25, 0.3) is 0 Å². The fraction of sp³-hybridized carbons (Fsp3) is 0.692. The molecule has 1 saturated carbocycles. The number of hydrogen-bond acceptors (Lipinski definition) is 3. The van der Waals surface area contributed by atoms with Crippen LogP contribution in [-0.4, -0.2) is 22.7 Å². The summed E-state index contributed by atoms with van der Waals surface area (Å²) in [5.41, 5.74) is 1.10. The molecule has 1 aromatic heterocycles. The summed E-state index contributed by atoms with van der Waals surface area (Å²) < 4.78 is 7.37. The van der Waals surface area contributed by atoms with Crippen LogP contribution in [0.5, 0.6) is 5.75 Å². The van der Waals surface area contributed by atoms with E-state index in [0.717, 1.165) is 30.8 Å². The van der Waals surface area contributed by atoms with Gasteiger partial charge in [0, 0.05) is 24.8 Å². The average Bonchev–Trinajstić information content (AvgIpc) is 2.85. The molecule has 0 radical (unpaired) electrons. The number of nitrogens with zero attached hydrogens (tertiary/aromatic N) is 2. The van der Waals surface area contributed by atoms with Gasteiger partial charge in [-0.3, -0.25) is 9.48 Å². The summed E-state index contributed by atoms with van der Waals surface area (Å²) >= 11 is 0. The minimum Gasteiger partial charge on any atom is -0.493 e. The molecule has 1 fully saturated rings. The van der Waals surface area contributed by atoms with E-state index in [9.17, 15) is 4.79 Å². The van der Waals surface area contributed by atoms with Crippen LogP contribution in [0.15, 0.2) is 6.20 Å².